The van der Waals surface area contributed by atoms with E-state index < -0.39 is 10.0 Å². The van der Waals surface area contributed by atoms with Crippen molar-refractivity contribution in [2.45, 2.75) is 62.4 Å². The van der Waals surface area contributed by atoms with Gasteiger partial charge in [-0.25, -0.2) is 8.42 Å². The van der Waals surface area contributed by atoms with E-state index in [9.17, 15) is 13.2 Å². The van der Waals surface area contributed by atoms with Crippen LogP contribution in [0.3, 0.4) is 0 Å². The number of carbonyl (C=O) groups is 1. The number of carbonyl (C=O) groups excluding carboxylic acids is 1. The van der Waals surface area contributed by atoms with Gasteiger partial charge in [0.25, 0.3) is 0 Å². The topological polar surface area (TPSA) is 66.5 Å². The fourth-order valence-corrected chi connectivity index (χ4v) is 5.58. The second kappa shape index (κ2) is 11.3. The summed E-state index contributed by atoms with van der Waals surface area (Å²) in [6.07, 6.45) is 7.64. The zero-order valence-electron chi connectivity index (χ0n) is 17.4. The maximum absolute atomic E-state index is 13.3. The highest BCUT2D eigenvalue weighted by atomic mass is 35.5. The van der Waals surface area contributed by atoms with Gasteiger partial charge in [-0.15, -0.1) is 0 Å². The van der Waals surface area contributed by atoms with E-state index in [-0.39, 0.29) is 29.9 Å². The molecule has 0 spiro atoms. The molecular weight excluding hydrogens is 455 g/mol. The Morgan fingerprint density at radius 3 is 2.23 bits per heavy atom. The second-order valence-electron chi connectivity index (χ2n) is 7.97. The Labute approximate surface area is 194 Å². The summed E-state index contributed by atoms with van der Waals surface area (Å²) >= 11 is 12.0. The maximum atomic E-state index is 13.3. The van der Waals surface area contributed by atoms with Crippen LogP contribution in [0.1, 0.15) is 50.5 Å². The Balaban J connectivity index is 1.79. The van der Waals surface area contributed by atoms with E-state index in [1.165, 1.54) is 47.8 Å². The van der Waals surface area contributed by atoms with Crippen molar-refractivity contribution in [2.75, 3.05) is 6.54 Å². The maximum Gasteiger partial charge on any atom is 0.243 e. The van der Waals surface area contributed by atoms with E-state index in [4.69, 9.17) is 23.2 Å². The van der Waals surface area contributed by atoms with Gasteiger partial charge in [-0.05, 0) is 54.8 Å². The highest BCUT2D eigenvalue weighted by molar-refractivity contribution is 7.89. The number of halogens is 2. The summed E-state index contributed by atoms with van der Waals surface area (Å²) < 4.78 is 27.9. The molecule has 0 aromatic heterocycles. The van der Waals surface area contributed by atoms with Gasteiger partial charge >= 0.3 is 0 Å². The molecule has 0 saturated heterocycles. The van der Waals surface area contributed by atoms with Crippen molar-refractivity contribution in [3.63, 3.8) is 0 Å². The normalized spacial score (nSPS) is 16.0. The Kier molecular flexibility index (Phi) is 8.78. The first kappa shape index (κ1) is 24.1. The summed E-state index contributed by atoms with van der Waals surface area (Å²) in [5.41, 5.74) is 0.712. The van der Waals surface area contributed by atoms with Crippen LogP contribution < -0.4 is 5.32 Å². The lowest BCUT2D eigenvalue weighted by atomic mass is 9.97. The van der Waals surface area contributed by atoms with Crippen LogP contribution in [0.25, 0.3) is 0 Å². The lowest BCUT2D eigenvalue weighted by molar-refractivity contribution is -0.122. The first-order chi connectivity index (χ1) is 14.8. The smallest absolute Gasteiger partial charge is 0.243 e. The van der Waals surface area contributed by atoms with Crippen LogP contribution in [-0.4, -0.2) is 31.2 Å². The zero-order chi connectivity index (χ0) is 22.3. The lowest BCUT2D eigenvalue weighted by Crippen LogP contribution is -2.44. The van der Waals surface area contributed by atoms with Crippen molar-refractivity contribution in [3.8, 4) is 0 Å². The van der Waals surface area contributed by atoms with Crippen molar-refractivity contribution >= 4 is 39.1 Å². The van der Waals surface area contributed by atoms with Gasteiger partial charge in [-0.3, -0.25) is 4.79 Å². The third-order valence-electron chi connectivity index (χ3n) is 5.49. The molecule has 0 heterocycles. The van der Waals surface area contributed by atoms with Crippen LogP contribution in [0.2, 0.25) is 10.0 Å². The predicted octanol–water partition coefficient (Wildman–Crippen LogP) is 5.41. The average molecular weight is 483 g/mol. The van der Waals surface area contributed by atoms with E-state index >= 15 is 0 Å². The first-order valence-corrected chi connectivity index (χ1v) is 12.8. The number of rotatable bonds is 7. The van der Waals surface area contributed by atoms with Crippen LogP contribution in [-0.2, 0) is 21.4 Å². The van der Waals surface area contributed by atoms with E-state index in [0.717, 1.165) is 25.7 Å². The van der Waals surface area contributed by atoms with Crippen molar-refractivity contribution in [1.82, 2.24) is 9.62 Å². The molecule has 1 fully saturated rings. The summed E-state index contributed by atoms with van der Waals surface area (Å²) in [6, 6.07) is 13.1. The van der Waals surface area contributed by atoms with Gasteiger partial charge in [-0.1, -0.05) is 67.4 Å². The SMILES string of the molecule is O=C(CN(Cc1cccc(Cl)c1)S(=O)(=O)c1ccc(Cl)cc1)NC1CCCCCCC1. The molecular formula is C23H28Cl2N2O3S. The fraction of sp³-hybridized carbons (Fsp3) is 0.435. The van der Waals surface area contributed by atoms with Gasteiger partial charge in [0, 0.05) is 22.6 Å². The summed E-state index contributed by atoms with van der Waals surface area (Å²) in [5.74, 6) is -0.287. The second-order valence-corrected chi connectivity index (χ2v) is 10.8. The minimum absolute atomic E-state index is 0.0452. The van der Waals surface area contributed by atoms with Gasteiger partial charge in [0.15, 0.2) is 0 Å². The van der Waals surface area contributed by atoms with E-state index in [1.807, 2.05) is 0 Å². The van der Waals surface area contributed by atoms with Gasteiger partial charge in [-0.2, -0.15) is 4.31 Å². The molecule has 31 heavy (non-hydrogen) atoms. The molecule has 2 aromatic carbocycles. The Morgan fingerprint density at radius 2 is 1.58 bits per heavy atom. The number of benzene rings is 2. The van der Waals surface area contributed by atoms with Crippen LogP contribution in [0, 0.1) is 0 Å². The number of sulfonamides is 1. The van der Waals surface area contributed by atoms with Crippen molar-refractivity contribution in [1.29, 1.82) is 0 Å². The minimum Gasteiger partial charge on any atom is -0.352 e. The van der Waals surface area contributed by atoms with Gasteiger partial charge < -0.3 is 5.32 Å². The highest BCUT2D eigenvalue weighted by Gasteiger charge is 2.28. The summed E-state index contributed by atoms with van der Waals surface area (Å²) in [4.78, 5) is 12.9. The minimum atomic E-state index is -3.91. The lowest BCUT2D eigenvalue weighted by Gasteiger charge is -2.25. The fourth-order valence-electron chi connectivity index (χ4n) is 3.85. The molecule has 0 atom stereocenters. The van der Waals surface area contributed by atoms with Crippen molar-refractivity contribution < 1.29 is 13.2 Å². The molecule has 0 radical (unpaired) electrons. The molecule has 5 nitrogen and oxygen atoms in total. The van der Waals surface area contributed by atoms with Crippen LogP contribution in [0.5, 0.6) is 0 Å². The Morgan fingerprint density at radius 1 is 0.935 bits per heavy atom. The first-order valence-electron chi connectivity index (χ1n) is 10.6. The van der Waals surface area contributed by atoms with E-state index in [2.05, 4.69) is 5.32 Å². The average Bonchev–Trinajstić information content (AvgIpc) is 2.70. The van der Waals surface area contributed by atoms with Crippen LogP contribution in [0.15, 0.2) is 53.4 Å². The highest BCUT2D eigenvalue weighted by Crippen LogP contribution is 2.22. The molecule has 1 N–H and O–H groups in total. The van der Waals surface area contributed by atoms with Gasteiger partial charge in [0.1, 0.15) is 0 Å². The van der Waals surface area contributed by atoms with Gasteiger partial charge in [0.2, 0.25) is 15.9 Å². The Bertz CT molecular complexity index is 973. The number of hydrogen-bond acceptors (Lipinski definition) is 3. The summed E-state index contributed by atoms with van der Waals surface area (Å²) in [6.45, 7) is -0.211. The van der Waals surface area contributed by atoms with Crippen LogP contribution >= 0.6 is 23.2 Å². The van der Waals surface area contributed by atoms with Crippen molar-refractivity contribution in [2.24, 2.45) is 0 Å². The van der Waals surface area contributed by atoms with Crippen molar-refractivity contribution in [3.05, 3.63) is 64.1 Å². The summed E-state index contributed by atoms with van der Waals surface area (Å²) in [7, 11) is -3.91. The van der Waals surface area contributed by atoms with E-state index in [0.29, 0.717) is 15.6 Å². The molecule has 2 aromatic rings. The molecule has 168 valence electrons. The molecule has 1 aliphatic rings. The van der Waals surface area contributed by atoms with Crippen LogP contribution in [0.4, 0.5) is 0 Å². The number of nitrogens with one attached hydrogen (secondary N) is 1. The molecule has 1 aliphatic carbocycles. The largest absolute Gasteiger partial charge is 0.352 e. The molecule has 0 aliphatic heterocycles. The Hall–Kier alpha value is -1.60. The molecule has 0 bridgehead atoms. The number of hydrogen-bond donors (Lipinski definition) is 1. The number of amides is 1. The standard InChI is InChI=1S/C23H28Cl2N2O3S/c24-19-11-13-22(14-12-19)31(29,30)27(16-18-7-6-8-20(25)15-18)17-23(28)26-21-9-4-2-1-3-5-10-21/h6-8,11-15,21H,1-5,9-10,16-17H2,(H,26,28). The quantitative estimate of drug-likeness (QED) is 0.573. The monoisotopic (exact) mass is 482 g/mol. The molecule has 1 amide bonds. The molecule has 1 saturated carbocycles. The summed E-state index contributed by atoms with van der Waals surface area (Å²) in [5, 5.41) is 4.02. The zero-order valence-corrected chi connectivity index (χ0v) is 19.7. The molecule has 8 heteroatoms. The predicted molar refractivity (Wildman–Crippen MR) is 125 cm³/mol. The van der Waals surface area contributed by atoms with E-state index in [1.54, 1.807) is 24.3 Å². The molecule has 3 rings (SSSR count). The third kappa shape index (κ3) is 7.21. The molecule has 0 unspecified atom stereocenters. The number of nitrogens with zero attached hydrogens (tertiary/aromatic N) is 1. The van der Waals surface area contributed by atoms with Gasteiger partial charge in [0.05, 0.1) is 11.4 Å². The third-order valence-corrected chi connectivity index (χ3v) is 7.78.